The number of amides is 2. The standard InChI is InChI=1S/C19H25FN2O3S/c1-2-25-21-17(23)16-12-26-19(13-7-4-3-5-8-13)22(16)18(24)14-9-6-10-15(20)11-14/h6,9-11,13,16,19H,2-5,7-8,12H2,1H3,(H,21,23). The lowest BCUT2D eigenvalue weighted by molar-refractivity contribution is -0.137. The molecule has 142 valence electrons. The van der Waals surface area contributed by atoms with Gasteiger partial charge in [-0.3, -0.25) is 14.4 Å². The van der Waals surface area contributed by atoms with E-state index >= 15 is 0 Å². The molecule has 2 amide bonds. The lowest BCUT2D eigenvalue weighted by Gasteiger charge is -2.35. The van der Waals surface area contributed by atoms with Crippen molar-refractivity contribution < 1.29 is 18.8 Å². The summed E-state index contributed by atoms with van der Waals surface area (Å²) in [5, 5.41) is -0.0524. The van der Waals surface area contributed by atoms with Crippen LogP contribution in [0.25, 0.3) is 0 Å². The molecule has 1 aromatic rings. The molecule has 0 aromatic heterocycles. The van der Waals surface area contributed by atoms with Crippen molar-refractivity contribution in [3.05, 3.63) is 35.6 Å². The summed E-state index contributed by atoms with van der Waals surface area (Å²) in [7, 11) is 0. The van der Waals surface area contributed by atoms with Gasteiger partial charge in [-0.25, -0.2) is 9.87 Å². The predicted octanol–water partition coefficient (Wildman–Crippen LogP) is 3.36. The molecule has 1 aromatic carbocycles. The Bertz CT molecular complexity index is 651. The van der Waals surface area contributed by atoms with E-state index in [4.69, 9.17) is 4.84 Å². The lowest BCUT2D eigenvalue weighted by atomic mass is 9.88. The summed E-state index contributed by atoms with van der Waals surface area (Å²) in [5.74, 6) is -0.159. The Balaban J connectivity index is 1.85. The van der Waals surface area contributed by atoms with E-state index in [1.165, 1.54) is 24.6 Å². The fraction of sp³-hybridized carbons (Fsp3) is 0.579. The van der Waals surface area contributed by atoms with Gasteiger partial charge < -0.3 is 4.90 Å². The van der Waals surface area contributed by atoms with Gasteiger partial charge in [-0.15, -0.1) is 11.8 Å². The fourth-order valence-corrected chi connectivity index (χ4v) is 5.39. The highest BCUT2D eigenvalue weighted by Gasteiger charge is 2.45. The van der Waals surface area contributed by atoms with Crippen molar-refractivity contribution in [3.8, 4) is 0 Å². The van der Waals surface area contributed by atoms with Gasteiger partial charge in [-0.05, 0) is 43.9 Å². The van der Waals surface area contributed by atoms with Crippen LogP contribution in [-0.4, -0.2) is 40.5 Å². The maximum atomic E-state index is 13.6. The second kappa shape index (κ2) is 8.86. The van der Waals surface area contributed by atoms with Crippen LogP contribution in [0.2, 0.25) is 0 Å². The van der Waals surface area contributed by atoms with Crippen molar-refractivity contribution in [1.82, 2.24) is 10.4 Å². The summed E-state index contributed by atoms with van der Waals surface area (Å²) >= 11 is 1.65. The Kier molecular flexibility index (Phi) is 6.53. The van der Waals surface area contributed by atoms with E-state index in [9.17, 15) is 14.0 Å². The quantitative estimate of drug-likeness (QED) is 0.796. The number of nitrogens with zero attached hydrogens (tertiary/aromatic N) is 1. The molecule has 3 rings (SSSR count). The van der Waals surface area contributed by atoms with E-state index < -0.39 is 11.9 Å². The summed E-state index contributed by atoms with van der Waals surface area (Å²) in [4.78, 5) is 32.4. The predicted molar refractivity (Wildman–Crippen MR) is 98.9 cm³/mol. The molecule has 1 saturated heterocycles. The van der Waals surface area contributed by atoms with Crippen molar-refractivity contribution in [2.24, 2.45) is 5.92 Å². The van der Waals surface area contributed by atoms with Crippen LogP contribution >= 0.6 is 11.8 Å². The van der Waals surface area contributed by atoms with Gasteiger partial charge >= 0.3 is 0 Å². The summed E-state index contributed by atoms with van der Waals surface area (Å²) in [5.41, 5.74) is 2.71. The van der Waals surface area contributed by atoms with Crippen molar-refractivity contribution in [3.63, 3.8) is 0 Å². The maximum absolute atomic E-state index is 13.6. The molecule has 0 spiro atoms. The molecule has 1 saturated carbocycles. The number of halogens is 1. The third-order valence-electron chi connectivity index (χ3n) is 5.01. The number of rotatable bonds is 5. The van der Waals surface area contributed by atoms with Crippen molar-refractivity contribution in [2.45, 2.75) is 50.4 Å². The zero-order valence-corrected chi connectivity index (χ0v) is 15.8. The Hall–Kier alpha value is -1.60. The maximum Gasteiger partial charge on any atom is 0.267 e. The normalized spacial score (nSPS) is 23.8. The summed E-state index contributed by atoms with van der Waals surface area (Å²) in [6.07, 6.45) is 5.65. The van der Waals surface area contributed by atoms with Gasteiger partial charge in [0.2, 0.25) is 0 Å². The van der Waals surface area contributed by atoms with Gasteiger partial charge in [-0.1, -0.05) is 25.3 Å². The molecule has 5 nitrogen and oxygen atoms in total. The topological polar surface area (TPSA) is 58.6 Å². The van der Waals surface area contributed by atoms with Crippen molar-refractivity contribution in [1.29, 1.82) is 0 Å². The van der Waals surface area contributed by atoms with Gasteiger partial charge in [0.05, 0.1) is 12.0 Å². The van der Waals surface area contributed by atoms with Gasteiger partial charge in [0.1, 0.15) is 11.9 Å². The number of thioether (sulfide) groups is 1. The van der Waals surface area contributed by atoms with E-state index in [-0.39, 0.29) is 22.8 Å². The Morgan fingerprint density at radius 3 is 2.77 bits per heavy atom. The van der Waals surface area contributed by atoms with E-state index in [1.54, 1.807) is 29.7 Å². The van der Waals surface area contributed by atoms with E-state index in [0.717, 1.165) is 25.7 Å². The van der Waals surface area contributed by atoms with Gasteiger partial charge in [-0.2, -0.15) is 0 Å². The van der Waals surface area contributed by atoms with Crippen molar-refractivity contribution >= 4 is 23.6 Å². The van der Waals surface area contributed by atoms with Crippen LogP contribution in [0, 0.1) is 11.7 Å². The van der Waals surface area contributed by atoms with Gasteiger partial charge in [0, 0.05) is 11.3 Å². The van der Waals surface area contributed by atoms with Gasteiger partial charge in [0.15, 0.2) is 0 Å². The van der Waals surface area contributed by atoms with Crippen LogP contribution in [0.15, 0.2) is 24.3 Å². The lowest BCUT2D eigenvalue weighted by Crippen LogP contribution is -2.51. The zero-order valence-electron chi connectivity index (χ0n) is 14.9. The molecule has 1 N–H and O–H groups in total. The molecule has 1 aliphatic heterocycles. The number of hydrogen-bond donors (Lipinski definition) is 1. The second-order valence-corrected chi connectivity index (χ2v) is 7.91. The summed E-state index contributed by atoms with van der Waals surface area (Å²) in [6.45, 7) is 2.14. The first-order chi connectivity index (χ1) is 12.6. The first kappa shape index (κ1) is 19.2. The molecule has 0 radical (unpaired) electrons. The molecule has 7 heteroatoms. The molecule has 2 atom stereocenters. The first-order valence-electron chi connectivity index (χ1n) is 9.23. The highest BCUT2D eigenvalue weighted by atomic mass is 32.2. The number of benzene rings is 1. The van der Waals surface area contributed by atoms with Crippen LogP contribution in [0.4, 0.5) is 4.39 Å². The second-order valence-electron chi connectivity index (χ2n) is 6.76. The molecule has 2 unspecified atom stereocenters. The average Bonchev–Trinajstić information content (AvgIpc) is 3.11. The SMILES string of the molecule is CCONC(=O)C1CSC(C2CCCCC2)N1C(=O)c1cccc(F)c1. The largest absolute Gasteiger partial charge is 0.313 e. The molecular weight excluding hydrogens is 355 g/mol. The average molecular weight is 380 g/mol. The minimum Gasteiger partial charge on any atom is -0.313 e. The molecule has 1 aliphatic carbocycles. The number of hydroxylamine groups is 1. The van der Waals surface area contributed by atoms with E-state index in [1.807, 2.05) is 0 Å². The van der Waals surface area contributed by atoms with Crippen LogP contribution < -0.4 is 5.48 Å². The van der Waals surface area contributed by atoms with E-state index in [0.29, 0.717) is 18.3 Å². The highest BCUT2D eigenvalue weighted by Crippen LogP contribution is 2.41. The number of carbonyl (C=O) groups is 2. The molecule has 0 bridgehead atoms. The summed E-state index contributed by atoms with van der Waals surface area (Å²) in [6, 6.07) is 5.07. The van der Waals surface area contributed by atoms with Crippen LogP contribution in [0.1, 0.15) is 49.4 Å². The summed E-state index contributed by atoms with van der Waals surface area (Å²) < 4.78 is 13.6. The smallest absolute Gasteiger partial charge is 0.267 e. The minimum atomic E-state index is -0.603. The third kappa shape index (κ3) is 4.20. The minimum absolute atomic E-state index is 0.0524. The van der Waals surface area contributed by atoms with Crippen LogP contribution in [0.3, 0.4) is 0 Å². The molecule has 26 heavy (non-hydrogen) atoms. The molecule has 1 heterocycles. The first-order valence-corrected chi connectivity index (χ1v) is 10.3. The number of hydrogen-bond acceptors (Lipinski definition) is 4. The van der Waals surface area contributed by atoms with Crippen LogP contribution in [0.5, 0.6) is 0 Å². The molecule has 2 aliphatic rings. The fourth-order valence-electron chi connectivity index (χ4n) is 3.75. The highest BCUT2D eigenvalue weighted by molar-refractivity contribution is 8.00. The Morgan fingerprint density at radius 2 is 2.08 bits per heavy atom. The van der Waals surface area contributed by atoms with Crippen molar-refractivity contribution in [2.75, 3.05) is 12.4 Å². The number of nitrogens with one attached hydrogen (secondary N) is 1. The number of carbonyl (C=O) groups excluding carboxylic acids is 2. The third-order valence-corrected chi connectivity index (χ3v) is 6.48. The zero-order chi connectivity index (χ0) is 18.5. The van der Waals surface area contributed by atoms with Crippen LogP contribution in [-0.2, 0) is 9.63 Å². The monoisotopic (exact) mass is 380 g/mol. The Labute approximate surface area is 157 Å². The molecule has 2 fully saturated rings. The Morgan fingerprint density at radius 1 is 1.31 bits per heavy atom. The van der Waals surface area contributed by atoms with E-state index in [2.05, 4.69) is 5.48 Å². The van der Waals surface area contributed by atoms with Gasteiger partial charge in [0.25, 0.3) is 11.8 Å². The molecular formula is C19H25FN2O3S.